The number of hydrogen-bond acceptors (Lipinski definition) is 5. The predicted molar refractivity (Wildman–Crippen MR) is 95.1 cm³/mol. The molecule has 130 valence electrons. The van der Waals surface area contributed by atoms with E-state index in [0.717, 1.165) is 26.7 Å². The van der Waals surface area contributed by atoms with Crippen LogP contribution in [-0.2, 0) is 6.54 Å². The molecule has 1 atom stereocenters. The Morgan fingerprint density at radius 2 is 1.83 bits per heavy atom. The van der Waals surface area contributed by atoms with Gasteiger partial charge in [-0.1, -0.05) is 54.5 Å². The van der Waals surface area contributed by atoms with Gasteiger partial charge in [-0.3, -0.25) is 0 Å². The van der Waals surface area contributed by atoms with Crippen LogP contribution in [-0.4, -0.2) is 27.9 Å². The first-order chi connectivity index (χ1) is 11.3. The molecule has 24 heavy (non-hydrogen) atoms. The normalized spacial score (nSPS) is 12.2. The quantitative estimate of drug-likeness (QED) is 0.749. The number of urea groups is 1. The summed E-state index contributed by atoms with van der Waals surface area (Å²) < 4.78 is 0. The summed E-state index contributed by atoms with van der Waals surface area (Å²) >= 11 is 1.49. The minimum atomic E-state index is -0.733. The lowest BCUT2D eigenvalue weighted by atomic mass is 10.0. The van der Waals surface area contributed by atoms with Crippen LogP contribution < -0.4 is 10.6 Å². The first-order valence-corrected chi connectivity index (χ1v) is 8.77. The van der Waals surface area contributed by atoms with E-state index < -0.39 is 6.10 Å². The minimum absolute atomic E-state index is 0.155. The molecule has 3 N–H and O–H groups in total. The Balaban J connectivity index is 1.79. The number of nitrogens with zero attached hydrogens (tertiary/aromatic N) is 2. The topological polar surface area (TPSA) is 87.1 Å². The highest BCUT2D eigenvalue weighted by Crippen LogP contribution is 2.18. The molecule has 1 aromatic heterocycles. The number of aryl methyl sites for hydroxylation is 2. The number of aromatic nitrogens is 2. The van der Waals surface area contributed by atoms with Crippen LogP contribution >= 0.6 is 11.3 Å². The number of aliphatic hydroxyl groups is 1. The fourth-order valence-corrected chi connectivity index (χ4v) is 3.08. The maximum Gasteiger partial charge on any atom is 0.315 e. The second-order valence-electron chi connectivity index (χ2n) is 6.19. The van der Waals surface area contributed by atoms with Gasteiger partial charge < -0.3 is 15.7 Å². The number of nitrogens with one attached hydrogen (secondary N) is 2. The van der Waals surface area contributed by atoms with E-state index in [-0.39, 0.29) is 12.6 Å². The Morgan fingerprint density at radius 1 is 1.17 bits per heavy atom. The van der Waals surface area contributed by atoms with Crippen LogP contribution in [0.5, 0.6) is 0 Å². The lowest BCUT2D eigenvalue weighted by Gasteiger charge is -2.14. The molecule has 7 heteroatoms. The first-order valence-electron chi connectivity index (χ1n) is 7.95. The third-order valence-corrected chi connectivity index (χ3v) is 4.69. The van der Waals surface area contributed by atoms with E-state index in [1.54, 1.807) is 0 Å². The maximum absolute atomic E-state index is 11.8. The molecule has 0 saturated carbocycles. The summed E-state index contributed by atoms with van der Waals surface area (Å²) in [7, 11) is 0. The third-order valence-electron chi connectivity index (χ3n) is 3.46. The lowest BCUT2D eigenvalue weighted by molar-refractivity contribution is 0.173. The molecule has 0 radical (unpaired) electrons. The molecule has 1 heterocycles. The predicted octanol–water partition coefficient (Wildman–Crippen LogP) is 2.81. The molecule has 0 spiro atoms. The van der Waals surface area contributed by atoms with E-state index in [0.29, 0.717) is 12.5 Å². The largest absolute Gasteiger partial charge is 0.387 e. The van der Waals surface area contributed by atoms with Gasteiger partial charge in [-0.05, 0) is 19.4 Å². The van der Waals surface area contributed by atoms with Crippen LogP contribution in [0.15, 0.2) is 18.2 Å². The molecular weight excluding hydrogens is 324 g/mol. The smallest absolute Gasteiger partial charge is 0.315 e. The van der Waals surface area contributed by atoms with E-state index in [4.69, 9.17) is 0 Å². The first kappa shape index (κ1) is 18.4. The summed E-state index contributed by atoms with van der Waals surface area (Å²) in [5.41, 5.74) is 2.98. The van der Waals surface area contributed by atoms with Crippen LogP contribution in [0.25, 0.3) is 0 Å². The molecule has 0 unspecified atom stereocenters. The fraction of sp³-hybridized carbons (Fsp3) is 0.471. The summed E-state index contributed by atoms with van der Waals surface area (Å²) in [6, 6.07) is 5.56. The number of benzene rings is 1. The van der Waals surface area contributed by atoms with Gasteiger partial charge in [-0.2, -0.15) is 0 Å². The maximum atomic E-state index is 11.8. The van der Waals surface area contributed by atoms with Gasteiger partial charge in [0.05, 0.1) is 12.6 Å². The van der Waals surface area contributed by atoms with E-state index in [2.05, 4.69) is 34.7 Å². The fourth-order valence-electron chi connectivity index (χ4n) is 2.30. The third kappa shape index (κ3) is 5.28. The van der Waals surface area contributed by atoms with E-state index in [1.807, 2.05) is 32.0 Å². The van der Waals surface area contributed by atoms with Gasteiger partial charge >= 0.3 is 6.03 Å². The molecule has 0 aliphatic heterocycles. The summed E-state index contributed by atoms with van der Waals surface area (Å²) in [6.07, 6.45) is -0.733. The number of rotatable bonds is 6. The Kier molecular flexibility index (Phi) is 6.28. The van der Waals surface area contributed by atoms with Crippen molar-refractivity contribution in [3.63, 3.8) is 0 Å². The van der Waals surface area contributed by atoms with Crippen molar-refractivity contribution < 1.29 is 9.90 Å². The van der Waals surface area contributed by atoms with Crippen molar-refractivity contribution in [1.29, 1.82) is 0 Å². The van der Waals surface area contributed by atoms with Crippen molar-refractivity contribution in [3.05, 3.63) is 44.9 Å². The molecule has 0 aliphatic rings. The molecule has 2 rings (SSSR count). The van der Waals surface area contributed by atoms with Crippen LogP contribution in [0.3, 0.4) is 0 Å². The highest BCUT2D eigenvalue weighted by atomic mass is 32.1. The second-order valence-corrected chi connectivity index (χ2v) is 7.28. The summed E-state index contributed by atoms with van der Waals surface area (Å²) in [6.45, 7) is 8.56. The van der Waals surface area contributed by atoms with E-state index >= 15 is 0 Å². The number of carbonyl (C=O) groups excluding carboxylic acids is 1. The molecule has 6 nitrogen and oxygen atoms in total. The van der Waals surface area contributed by atoms with Crippen LogP contribution in [0.4, 0.5) is 4.79 Å². The zero-order valence-electron chi connectivity index (χ0n) is 14.5. The SMILES string of the molecule is Cc1cc(C)cc([C@H](O)CNC(=O)NCc2nnc(C(C)C)s2)c1. The highest BCUT2D eigenvalue weighted by molar-refractivity contribution is 7.11. The van der Waals surface area contributed by atoms with Gasteiger partial charge in [0.1, 0.15) is 10.0 Å². The van der Waals surface area contributed by atoms with Gasteiger partial charge in [0.25, 0.3) is 0 Å². The van der Waals surface area contributed by atoms with Crippen molar-refractivity contribution >= 4 is 17.4 Å². The molecular formula is C17H24N4O2S. The molecule has 2 amide bonds. The van der Waals surface area contributed by atoms with E-state index in [1.165, 1.54) is 11.3 Å². The van der Waals surface area contributed by atoms with Gasteiger partial charge in [-0.15, -0.1) is 10.2 Å². The van der Waals surface area contributed by atoms with Gasteiger partial charge in [0, 0.05) is 12.5 Å². The van der Waals surface area contributed by atoms with Crippen LogP contribution in [0.2, 0.25) is 0 Å². The Hall–Kier alpha value is -1.99. The molecule has 0 aliphatic carbocycles. The van der Waals surface area contributed by atoms with Crippen LogP contribution in [0.1, 0.15) is 52.6 Å². The summed E-state index contributed by atoms with van der Waals surface area (Å²) in [5, 5.41) is 25.5. The molecule has 1 aromatic carbocycles. The summed E-state index contributed by atoms with van der Waals surface area (Å²) in [5.74, 6) is 0.331. The second kappa shape index (κ2) is 8.21. The zero-order chi connectivity index (χ0) is 17.7. The number of amides is 2. The van der Waals surface area contributed by atoms with Gasteiger partial charge in [0.15, 0.2) is 0 Å². The van der Waals surface area contributed by atoms with E-state index in [9.17, 15) is 9.90 Å². The average molecular weight is 348 g/mol. The van der Waals surface area contributed by atoms with Crippen molar-refractivity contribution in [2.24, 2.45) is 0 Å². The standard InChI is InChI=1S/C17H24N4O2S/c1-10(2)16-21-20-15(24-16)9-19-17(23)18-8-14(22)13-6-11(3)5-12(4)7-13/h5-7,10,14,22H,8-9H2,1-4H3,(H2,18,19,23)/t14-/m1/s1. The minimum Gasteiger partial charge on any atom is -0.387 e. The van der Waals surface area contributed by atoms with Crippen molar-refractivity contribution in [3.8, 4) is 0 Å². The Bertz CT molecular complexity index is 679. The summed E-state index contributed by atoms with van der Waals surface area (Å²) in [4.78, 5) is 11.8. The van der Waals surface area contributed by atoms with Gasteiger partial charge in [-0.25, -0.2) is 4.79 Å². The van der Waals surface area contributed by atoms with Gasteiger partial charge in [0.2, 0.25) is 0 Å². The number of hydrogen-bond donors (Lipinski definition) is 3. The van der Waals surface area contributed by atoms with Crippen molar-refractivity contribution in [2.45, 2.75) is 46.3 Å². The highest BCUT2D eigenvalue weighted by Gasteiger charge is 2.12. The molecule has 2 aromatic rings. The van der Waals surface area contributed by atoms with Crippen LogP contribution in [0, 0.1) is 13.8 Å². The number of aliphatic hydroxyl groups excluding tert-OH is 1. The zero-order valence-corrected chi connectivity index (χ0v) is 15.3. The van der Waals surface area contributed by atoms with Crippen molar-refractivity contribution in [1.82, 2.24) is 20.8 Å². The van der Waals surface area contributed by atoms with Crippen molar-refractivity contribution in [2.75, 3.05) is 6.54 Å². The molecule has 0 bridgehead atoms. The number of carbonyl (C=O) groups is 1. The average Bonchev–Trinajstić information content (AvgIpc) is 2.98. The Labute approximate surface area is 146 Å². The monoisotopic (exact) mass is 348 g/mol. The molecule has 0 saturated heterocycles. The Morgan fingerprint density at radius 3 is 2.42 bits per heavy atom. The molecule has 0 fully saturated rings. The lowest BCUT2D eigenvalue weighted by Crippen LogP contribution is -2.37.